The molecule has 2 unspecified atom stereocenters. The van der Waals surface area contributed by atoms with E-state index < -0.39 is 4.92 Å². The lowest BCUT2D eigenvalue weighted by molar-refractivity contribution is -0.384. The molecule has 0 saturated carbocycles. The number of anilines is 1. The number of hydrogen-bond donors (Lipinski definition) is 1. The third kappa shape index (κ3) is 2.97. The number of para-hydroxylation sites is 1. The van der Waals surface area contributed by atoms with Crippen molar-refractivity contribution in [1.82, 2.24) is 0 Å². The number of aliphatic hydroxyl groups excluding tert-OH is 1. The second-order valence-corrected chi connectivity index (χ2v) is 4.93. The Morgan fingerprint density at radius 2 is 2.32 bits per heavy atom. The summed E-state index contributed by atoms with van der Waals surface area (Å²) in [7, 11) is 0. The van der Waals surface area contributed by atoms with Crippen molar-refractivity contribution in [1.29, 1.82) is 0 Å². The maximum absolute atomic E-state index is 11.1. The molecule has 1 aliphatic heterocycles. The van der Waals surface area contributed by atoms with Crippen LogP contribution >= 0.6 is 11.6 Å². The molecule has 0 aromatic heterocycles. The summed E-state index contributed by atoms with van der Waals surface area (Å²) in [6, 6.07) is 4.84. The van der Waals surface area contributed by atoms with Crippen LogP contribution < -0.4 is 4.90 Å². The maximum atomic E-state index is 11.1. The van der Waals surface area contributed by atoms with Crippen molar-refractivity contribution in [2.75, 3.05) is 24.6 Å². The van der Waals surface area contributed by atoms with Crippen molar-refractivity contribution < 1.29 is 14.8 Å². The van der Waals surface area contributed by atoms with Crippen LogP contribution in [0.15, 0.2) is 18.2 Å². The Balaban J connectivity index is 2.35. The number of aliphatic hydroxyl groups is 1. The van der Waals surface area contributed by atoms with E-state index >= 15 is 0 Å². The molecular weight excluding hydrogens is 272 g/mol. The molecule has 6 nitrogen and oxygen atoms in total. The molecule has 0 amide bonds. The summed E-state index contributed by atoms with van der Waals surface area (Å²) in [5.74, 6) is 0. The molecule has 1 heterocycles. The lowest BCUT2D eigenvalue weighted by Gasteiger charge is -2.37. The second kappa shape index (κ2) is 5.73. The van der Waals surface area contributed by atoms with Gasteiger partial charge in [0.05, 0.1) is 23.7 Å². The van der Waals surface area contributed by atoms with Gasteiger partial charge < -0.3 is 14.7 Å². The first kappa shape index (κ1) is 14.0. The molecule has 1 N–H and O–H groups in total. The minimum atomic E-state index is -0.480. The van der Waals surface area contributed by atoms with Gasteiger partial charge in [-0.3, -0.25) is 10.1 Å². The number of nitrogens with zero attached hydrogens (tertiary/aromatic N) is 2. The van der Waals surface area contributed by atoms with Crippen LogP contribution in [-0.2, 0) is 4.74 Å². The topological polar surface area (TPSA) is 75.8 Å². The number of nitro groups is 1. The zero-order valence-electron chi connectivity index (χ0n) is 10.5. The van der Waals surface area contributed by atoms with Crippen LogP contribution in [0.3, 0.4) is 0 Å². The summed E-state index contributed by atoms with van der Waals surface area (Å²) in [5, 5.41) is 20.4. The predicted molar refractivity (Wildman–Crippen MR) is 71.7 cm³/mol. The van der Waals surface area contributed by atoms with Gasteiger partial charge in [0.15, 0.2) is 0 Å². The van der Waals surface area contributed by atoms with E-state index in [9.17, 15) is 15.2 Å². The minimum Gasteiger partial charge on any atom is -0.394 e. The first-order valence-corrected chi connectivity index (χ1v) is 6.35. The number of benzene rings is 1. The zero-order valence-corrected chi connectivity index (χ0v) is 11.2. The highest BCUT2D eigenvalue weighted by Crippen LogP contribution is 2.36. The molecule has 1 aromatic rings. The molecule has 104 valence electrons. The first-order valence-electron chi connectivity index (χ1n) is 5.97. The fraction of sp³-hybridized carbons (Fsp3) is 0.500. The van der Waals surface area contributed by atoms with Crippen molar-refractivity contribution in [3.05, 3.63) is 33.3 Å². The zero-order chi connectivity index (χ0) is 14.0. The Morgan fingerprint density at radius 3 is 2.95 bits per heavy atom. The van der Waals surface area contributed by atoms with Crippen molar-refractivity contribution in [3.8, 4) is 0 Å². The highest BCUT2D eigenvalue weighted by molar-refractivity contribution is 6.33. The Labute approximate surface area is 115 Å². The van der Waals surface area contributed by atoms with Crippen LogP contribution in [0, 0.1) is 10.1 Å². The first-order chi connectivity index (χ1) is 9.02. The largest absolute Gasteiger partial charge is 0.394 e. The second-order valence-electron chi connectivity index (χ2n) is 4.52. The number of ether oxygens (including phenoxy) is 1. The quantitative estimate of drug-likeness (QED) is 0.678. The van der Waals surface area contributed by atoms with Crippen LogP contribution in [0.25, 0.3) is 0 Å². The number of hydrogen-bond acceptors (Lipinski definition) is 5. The van der Waals surface area contributed by atoms with E-state index in [1.54, 1.807) is 12.1 Å². The highest BCUT2D eigenvalue weighted by atomic mass is 35.5. The predicted octanol–water partition coefficient (Wildman–Crippen LogP) is 1.83. The van der Waals surface area contributed by atoms with Gasteiger partial charge in [0.2, 0.25) is 0 Å². The molecule has 1 saturated heterocycles. The van der Waals surface area contributed by atoms with Gasteiger partial charge in [0, 0.05) is 13.1 Å². The molecule has 1 aliphatic rings. The Kier molecular flexibility index (Phi) is 4.24. The molecular formula is C12H15ClN2O4. The smallest absolute Gasteiger partial charge is 0.310 e. The van der Waals surface area contributed by atoms with Gasteiger partial charge in [-0.1, -0.05) is 17.7 Å². The van der Waals surface area contributed by atoms with Gasteiger partial charge in [0.1, 0.15) is 10.7 Å². The summed E-state index contributed by atoms with van der Waals surface area (Å²) in [6.45, 7) is 2.68. The van der Waals surface area contributed by atoms with E-state index in [1.807, 2.05) is 11.8 Å². The molecule has 0 aliphatic carbocycles. The maximum Gasteiger partial charge on any atom is 0.310 e. The van der Waals surface area contributed by atoms with Crippen molar-refractivity contribution in [2.45, 2.75) is 19.1 Å². The molecule has 1 aromatic carbocycles. The Bertz CT molecular complexity index is 483. The summed E-state index contributed by atoms with van der Waals surface area (Å²) in [4.78, 5) is 12.5. The van der Waals surface area contributed by atoms with Crippen molar-refractivity contribution in [2.24, 2.45) is 0 Å². The number of morpholine rings is 1. The van der Waals surface area contributed by atoms with Gasteiger partial charge in [-0.25, -0.2) is 0 Å². The van der Waals surface area contributed by atoms with Crippen LogP contribution in [0.2, 0.25) is 5.02 Å². The summed E-state index contributed by atoms with van der Waals surface area (Å²) in [5.41, 5.74) is 0.362. The Hall–Kier alpha value is -1.37. The van der Waals surface area contributed by atoms with Crippen molar-refractivity contribution >= 4 is 23.0 Å². The van der Waals surface area contributed by atoms with E-state index in [-0.39, 0.29) is 29.5 Å². The SMILES string of the molecule is CC1CN(c2cccc(Cl)c2[N+](=O)[O-])CC(CO)O1. The van der Waals surface area contributed by atoms with E-state index in [4.69, 9.17) is 16.3 Å². The summed E-state index contributed by atoms with van der Waals surface area (Å²) < 4.78 is 5.52. The normalized spacial score (nSPS) is 23.4. The van der Waals surface area contributed by atoms with Crippen LogP contribution in [0.1, 0.15) is 6.92 Å². The highest BCUT2D eigenvalue weighted by Gasteiger charge is 2.30. The fourth-order valence-corrected chi connectivity index (χ4v) is 2.52. The van der Waals surface area contributed by atoms with Crippen LogP contribution in [0.5, 0.6) is 0 Å². The molecule has 0 radical (unpaired) electrons. The van der Waals surface area contributed by atoms with E-state index in [1.165, 1.54) is 6.07 Å². The lowest BCUT2D eigenvalue weighted by Crippen LogP contribution is -2.48. The molecule has 0 bridgehead atoms. The van der Waals surface area contributed by atoms with E-state index in [0.29, 0.717) is 18.8 Å². The van der Waals surface area contributed by atoms with Crippen molar-refractivity contribution in [3.63, 3.8) is 0 Å². The van der Waals surface area contributed by atoms with Crippen LogP contribution in [0.4, 0.5) is 11.4 Å². The fourth-order valence-electron chi connectivity index (χ4n) is 2.28. The Morgan fingerprint density at radius 1 is 1.58 bits per heavy atom. The monoisotopic (exact) mass is 286 g/mol. The van der Waals surface area contributed by atoms with Gasteiger partial charge in [-0.15, -0.1) is 0 Å². The standard InChI is InChI=1S/C12H15ClN2O4/c1-8-5-14(6-9(7-16)19-8)11-4-2-3-10(13)12(11)15(17)18/h2-4,8-9,16H,5-7H2,1H3. The molecule has 1 fully saturated rings. The third-order valence-electron chi connectivity index (χ3n) is 3.02. The minimum absolute atomic E-state index is 0.102. The summed E-state index contributed by atoms with van der Waals surface area (Å²) in [6.07, 6.45) is -0.452. The number of rotatable bonds is 3. The van der Waals surface area contributed by atoms with E-state index in [0.717, 1.165) is 0 Å². The van der Waals surface area contributed by atoms with E-state index in [2.05, 4.69) is 0 Å². The molecule has 7 heteroatoms. The molecule has 19 heavy (non-hydrogen) atoms. The average Bonchev–Trinajstić information content (AvgIpc) is 2.37. The van der Waals surface area contributed by atoms with Gasteiger partial charge in [-0.05, 0) is 19.1 Å². The molecule has 2 atom stereocenters. The number of nitro benzene ring substituents is 1. The molecule has 2 rings (SSSR count). The average molecular weight is 287 g/mol. The molecule has 0 spiro atoms. The van der Waals surface area contributed by atoms with Gasteiger partial charge in [0.25, 0.3) is 0 Å². The summed E-state index contributed by atoms with van der Waals surface area (Å²) >= 11 is 5.90. The van der Waals surface area contributed by atoms with Gasteiger partial charge in [-0.2, -0.15) is 0 Å². The third-order valence-corrected chi connectivity index (χ3v) is 3.32. The lowest BCUT2D eigenvalue weighted by atomic mass is 10.1. The van der Waals surface area contributed by atoms with Crippen LogP contribution in [-0.4, -0.2) is 41.9 Å². The number of halogens is 1. The van der Waals surface area contributed by atoms with Gasteiger partial charge >= 0.3 is 5.69 Å².